The molecule has 0 saturated heterocycles. The number of benzene rings is 1. The minimum absolute atomic E-state index is 0.119. The highest BCUT2D eigenvalue weighted by atomic mass is 35.5. The van der Waals surface area contributed by atoms with Crippen LogP contribution in [0.2, 0.25) is 10.0 Å². The van der Waals surface area contributed by atoms with E-state index in [2.05, 4.69) is 15.4 Å². The lowest BCUT2D eigenvalue weighted by Gasteiger charge is -2.13. The van der Waals surface area contributed by atoms with Gasteiger partial charge in [0.25, 0.3) is 0 Å². The van der Waals surface area contributed by atoms with E-state index in [1.165, 1.54) is 0 Å². The molecule has 0 atom stereocenters. The number of allylic oxidation sites excluding steroid dienone is 2. The molecule has 1 aromatic rings. The number of amidine groups is 1. The molecule has 0 aliphatic carbocycles. The Balaban J connectivity index is 1.97. The third-order valence-electron chi connectivity index (χ3n) is 3.46. The molecule has 0 fully saturated rings. The molecule has 0 unspecified atom stereocenters. The van der Waals surface area contributed by atoms with Crippen molar-refractivity contribution >= 4 is 46.3 Å². The van der Waals surface area contributed by atoms with Crippen molar-refractivity contribution in [3.63, 3.8) is 0 Å². The maximum Gasteiger partial charge on any atom is 0.231 e. The lowest BCUT2D eigenvalue weighted by molar-refractivity contribution is -0.118. The van der Waals surface area contributed by atoms with Crippen LogP contribution in [0.4, 0.5) is 5.69 Å². The molecule has 1 aliphatic rings. The predicted octanol–water partition coefficient (Wildman–Crippen LogP) is 4.06. The fraction of sp³-hybridized carbons (Fsp3) is 0.353. The number of carbonyl (C=O) groups excluding carboxylic acids is 1. The van der Waals surface area contributed by atoms with E-state index < -0.39 is 0 Å². The van der Waals surface area contributed by atoms with Crippen molar-refractivity contribution in [3.8, 4) is 0 Å². The van der Waals surface area contributed by atoms with Gasteiger partial charge >= 0.3 is 0 Å². The Morgan fingerprint density at radius 2 is 2.21 bits per heavy atom. The number of aliphatic imine (C=N–C) groups is 1. The summed E-state index contributed by atoms with van der Waals surface area (Å²) in [5.74, 6) is 0.520. The summed E-state index contributed by atoms with van der Waals surface area (Å²) in [6.45, 7) is 2.72. The van der Waals surface area contributed by atoms with Gasteiger partial charge in [-0.2, -0.15) is 5.10 Å². The first-order valence-corrected chi connectivity index (χ1v) is 8.51. The molecule has 1 aromatic carbocycles. The van der Waals surface area contributed by atoms with Crippen LogP contribution in [0.25, 0.3) is 0 Å². The largest absolute Gasteiger partial charge is 0.312 e. The molecule has 1 heterocycles. The maximum atomic E-state index is 12.1. The molecule has 0 saturated carbocycles. The minimum atomic E-state index is -0.119. The molecule has 0 radical (unpaired) electrons. The van der Waals surface area contributed by atoms with Gasteiger partial charge in [0, 0.05) is 25.7 Å². The monoisotopic (exact) mass is 366 g/mol. The SMILES string of the molecule is CC/C=C\C(CC(=O)NC1=NN(c2ccc(Cl)c(Cl)c2)CC1)=NC. The second-order valence-electron chi connectivity index (χ2n) is 5.27. The quantitative estimate of drug-likeness (QED) is 0.798. The number of halogens is 2. The first-order valence-electron chi connectivity index (χ1n) is 7.75. The first-order chi connectivity index (χ1) is 11.5. The number of nitrogens with one attached hydrogen (secondary N) is 1. The molecule has 24 heavy (non-hydrogen) atoms. The van der Waals surface area contributed by atoms with Crippen molar-refractivity contribution in [2.75, 3.05) is 18.6 Å². The third-order valence-corrected chi connectivity index (χ3v) is 4.20. The van der Waals surface area contributed by atoms with Gasteiger partial charge in [0.1, 0.15) is 5.84 Å². The summed E-state index contributed by atoms with van der Waals surface area (Å²) in [6.07, 6.45) is 5.66. The molecular weight excluding hydrogens is 347 g/mol. The molecule has 1 aliphatic heterocycles. The molecule has 2 rings (SSSR count). The zero-order valence-electron chi connectivity index (χ0n) is 13.7. The van der Waals surface area contributed by atoms with Crippen LogP contribution in [0.5, 0.6) is 0 Å². The van der Waals surface area contributed by atoms with Gasteiger partial charge in [-0.1, -0.05) is 36.2 Å². The normalized spacial score (nSPS) is 15.1. The lowest BCUT2D eigenvalue weighted by atomic mass is 10.2. The summed E-state index contributed by atoms with van der Waals surface area (Å²) in [4.78, 5) is 16.2. The molecule has 1 N–H and O–H groups in total. The summed E-state index contributed by atoms with van der Waals surface area (Å²) in [7, 11) is 1.68. The first kappa shape index (κ1) is 18.5. The zero-order valence-corrected chi connectivity index (χ0v) is 15.2. The van der Waals surface area contributed by atoms with E-state index in [1.54, 1.807) is 24.2 Å². The molecule has 128 valence electrons. The average Bonchev–Trinajstić information content (AvgIpc) is 3.02. The fourth-order valence-electron chi connectivity index (χ4n) is 2.21. The fourth-order valence-corrected chi connectivity index (χ4v) is 2.51. The Bertz CT molecular complexity index is 698. The van der Waals surface area contributed by atoms with Gasteiger partial charge in [-0.15, -0.1) is 0 Å². The Hall–Kier alpha value is -1.85. The predicted molar refractivity (Wildman–Crippen MR) is 101 cm³/mol. The topological polar surface area (TPSA) is 57.1 Å². The number of hydrazone groups is 1. The van der Waals surface area contributed by atoms with Crippen LogP contribution in [-0.4, -0.2) is 31.0 Å². The van der Waals surface area contributed by atoms with Gasteiger partial charge in [-0.05, 0) is 30.7 Å². The van der Waals surface area contributed by atoms with Crippen molar-refractivity contribution in [1.29, 1.82) is 0 Å². The summed E-state index contributed by atoms with van der Waals surface area (Å²) < 4.78 is 0. The Morgan fingerprint density at radius 3 is 2.88 bits per heavy atom. The van der Waals surface area contributed by atoms with Crippen LogP contribution in [0.15, 0.2) is 40.4 Å². The molecule has 0 aromatic heterocycles. The van der Waals surface area contributed by atoms with Crippen molar-refractivity contribution in [2.45, 2.75) is 26.2 Å². The Morgan fingerprint density at radius 1 is 1.42 bits per heavy atom. The number of hydrogen-bond acceptors (Lipinski definition) is 4. The van der Waals surface area contributed by atoms with E-state index in [0.717, 1.165) is 17.8 Å². The zero-order chi connectivity index (χ0) is 17.5. The number of amides is 1. The van der Waals surface area contributed by atoms with Crippen molar-refractivity contribution in [2.24, 2.45) is 10.1 Å². The third kappa shape index (κ3) is 5.08. The molecular formula is C17H20Cl2N4O. The number of nitrogens with zero attached hydrogens (tertiary/aromatic N) is 3. The van der Waals surface area contributed by atoms with Gasteiger partial charge in [-0.25, -0.2) is 0 Å². The number of hydrogen-bond donors (Lipinski definition) is 1. The van der Waals surface area contributed by atoms with Gasteiger partial charge in [-0.3, -0.25) is 14.8 Å². The highest BCUT2D eigenvalue weighted by Crippen LogP contribution is 2.28. The van der Waals surface area contributed by atoms with Crippen LogP contribution in [0.3, 0.4) is 0 Å². The summed E-state index contributed by atoms with van der Waals surface area (Å²) >= 11 is 12.0. The Kier molecular flexibility index (Phi) is 6.82. The standard InChI is InChI=1S/C17H20Cl2N4O/c1-3-4-5-12(20-2)10-17(24)21-16-8-9-23(22-16)13-6-7-14(18)15(19)11-13/h4-7,11H,3,8-10H2,1-2H3,(H,21,22,24)/b5-4-,20-12?. The van der Waals surface area contributed by atoms with E-state index in [1.807, 2.05) is 25.1 Å². The van der Waals surface area contributed by atoms with Crippen molar-refractivity contribution in [1.82, 2.24) is 5.32 Å². The van der Waals surface area contributed by atoms with Gasteiger partial charge in [0.05, 0.1) is 22.2 Å². The summed E-state index contributed by atoms with van der Waals surface area (Å²) in [5, 5.41) is 10.0. The second-order valence-corrected chi connectivity index (χ2v) is 6.08. The van der Waals surface area contributed by atoms with Gasteiger partial charge < -0.3 is 5.32 Å². The van der Waals surface area contributed by atoms with Crippen molar-refractivity contribution < 1.29 is 4.79 Å². The molecule has 1 amide bonds. The molecule has 0 spiro atoms. The van der Waals surface area contributed by atoms with Crippen LogP contribution in [-0.2, 0) is 4.79 Å². The van der Waals surface area contributed by atoms with E-state index in [4.69, 9.17) is 23.2 Å². The maximum absolute atomic E-state index is 12.1. The van der Waals surface area contributed by atoms with Crippen molar-refractivity contribution in [3.05, 3.63) is 40.4 Å². The smallest absolute Gasteiger partial charge is 0.231 e. The van der Waals surface area contributed by atoms with Gasteiger partial charge in [0.15, 0.2) is 0 Å². The summed E-state index contributed by atoms with van der Waals surface area (Å²) in [6, 6.07) is 5.34. The van der Waals surface area contributed by atoms with E-state index in [-0.39, 0.29) is 12.3 Å². The van der Waals surface area contributed by atoms with Crippen LogP contribution >= 0.6 is 23.2 Å². The minimum Gasteiger partial charge on any atom is -0.312 e. The Labute approximate surface area is 152 Å². The number of anilines is 1. The lowest BCUT2D eigenvalue weighted by Crippen LogP contribution is -2.30. The molecule has 5 nitrogen and oxygen atoms in total. The summed E-state index contributed by atoms with van der Waals surface area (Å²) in [5.41, 5.74) is 1.59. The van der Waals surface area contributed by atoms with Gasteiger partial charge in [0.2, 0.25) is 5.91 Å². The number of rotatable bonds is 5. The van der Waals surface area contributed by atoms with Crippen LogP contribution in [0, 0.1) is 0 Å². The molecule has 7 heteroatoms. The molecule has 0 bridgehead atoms. The average molecular weight is 367 g/mol. The van der Waals surface area contributed by atoms with Crippen LogP contribution in [0.1, 0.15) is 26.2 Å². The highest BCUT2D eigenvalue weighted by molar-refractivity contribution is 6.42. The highest BCUT2D eigenvalue weighted by Gasteiger charge is 2.18. The number of carbonyl (C=O) groups is 1. The second kappa shape index (κ2) is 8.85. The van der Waals surface area contributed by atoms with Crippen LogP contribution < -0.4 is 10.3 Å². The van der Waals surface area contributed by atoms with E-state index in [0.29, 0.717) is 28.8 Å². The van der Waals surface area contributed by atoms with E-state index in [9.17, 15) is 4.79 Å². The van der Waals surface area contributed by atoms with E-state index >= 15 is 0 Å².